The Morgan fingerprint density at radius 1 is 1.24 bits per heavy atom. The first-order chi connectivity index (χ1) is 8.08. The van der Waals surface area contributed by atoms with Crippen molar-refractivity contribution in [1.82, 2.24) is 0 Å². The van der Waals surface area contributed by atoms with Crippen molar-refractivity contribution in [3.8, 4) is 0 Å². The molecule has 0 amide bonds. The van der Waals surface area contributed by atoms with Gasteiger partial charge < -0.3 is 5.32 Å². The van der Waals surface area contributed by atoms with E-state index < -0.39 is 0 Å². The predicted octanol–water partition coefficient (Wildman–Crippen LogP) is 5.29. The Labute approximate surface area is 126 Å². The molecule has 0 radical (unpaired) electrons. The van der Waals surface area contributed by atoms with Crippen LogP contribution in [0, 0.1) is 15.4 Å². The number of rotatable bonds is 2. The molecular weight excluding hydrogens is 389 g/mol. The predicted molar refractivity (Wildman–Crippen MR) is 86.4 cm³/mol. The van der Waals surface area contributed by atoms with Gasteiger partial charge in [-0.3, -0.25) is 0 Å². The largest absolute Gasteiger partial charge is 0.381 e. The van der Waals surface area contributed by atoms with Gasteiger partial charge in [-0.1, -0.05) is 36.2 Å². The molecule has 1 N–H and O–H groups in total. The zero-order chi connectivity index (χ0) is 12.4. The minimum atomic E-state index is 0.617. The van der Waals surface area contributed by atoms with Crippen molar-refractivity contribution in [3.63, 3.8) is 0 Å². The van der Waals surface area contributed by atoms with Crippen molar-refractivity contribution in [3.05, 3.63) is 26.2 Å². The van der Waals surface area contributed by atoms with Gasteiger partial charge in [-0.05, 0) is 65.5 Å². The quantitative estimate of drug-likeness (QED) is 0.656. The van der Waals surface area contributed by atoms with Gasteiger partial charge in [-0.15, -0.1) is 0 Å². The van der Waals surface area contributed by atoms with Crippen LogP contribution in [0.2, 0.25) is 0 Å². The van der Waals surface area contributed by atoms with Crippen LogP contribution in [0.25, 0.3) is 0 Å². The van der Waals surface area contributed by atoms with Crippen LogP contribution in [0.15, 0.2) is 22.7 Å². The summed E-state index contributed by atoms with van der Waals surface area (Å²) in [4.78, 5) is 0. The summed E-state index contributed by atoms with van der Waals surface area (Å²) < 4.78 is 2.45. The van der Waals surface area contributed by atoms with Crippen LogP contribution in [-0.2, 0) is 0 Å². The second-order valence-corrected chi connectivity index (χ2v) is 7.26. The first-order valence-corrected chi connectivity index (χ1v) is 8.16. The SMILES string of the molecule is CC1CCCC(C)C1Nc1cc(Br)ccc1I. The average molecular weight is 408 g/mol. The summed E-state index contributed by atoms with van der Waals surface area (Å²) >= 11 is 5.95. The van der Waals surface area contributed by atoms with E-state index in [0.29, 0.717) is 6.04 Å². The third kappa shape index (κ3) is 3.37. The molecule has 2 atom stereocenters. The van der Waals surface area contributed by atoms with Crippen molar-refractivity contribution in [2.75, 3.05) is 5.32 Å². The maximum Gasteiger partial charge on any atom is 0.0489 e. The van der Waals surface area contributed by atoms with E-state index in [1.54, 1.807) is 0 Å². The van der Waals surface area contributed by atoms with Crippen LogP contribution in [0.4, 0.5) is 5.69 Å². The van der Waals surface area contributed by atoms with E-state index in [1.165, 1.54) is 28.5 Å². The summed E-state index contributed by atoms with van der Waals surface area (Å²) in [7, 11) is 0. The van der Waals surface area contributed by atoms with E-state index in [4.69, 9.17) is 0 Å². The Hall–Kier alpha value is 0.230. The number of benzene rings is 1. The molecule has 0 spiro atoms. The van der Waals surface area contributed by atoms with Gasteiger partial charge in [-0.25, -0.2) is 0 Å². The lowest BCUT2D eigenvalue weighted by Gasteiger charge is -2.36. The lowest BCUT2D eigenvalue weighted by molar-refractivity contribution is 0.268. The van der Waals surface area contributed by atoms with E-state index in [1.807, 2.05) is 0 Å². The minimum absolute atomic E-state index is 0.617. The maximum absolute atomic E-state index is 3.75. The fraction of sp³-hybridized carbons (Fsp3) is 0.571. The molecule has 0 aromatic heterocycles. The van der Waals surface area contributed by atoms with Crippen molar-refractivity contribution < 1.29 is 0 Å². The van der Waals surface area contributed by atoms with Gasteiger partial charge >= 0.3 is 0 Å². The fourth-order valence-electron chi connectivity index (χ4n) is 2.75. The fourth-order valence-corrected chi connectivity index (χ4v) is 3.61. The normalized spacial score (nSPS) is 29.1. The first kappa shape index (κ1) is 13.7. The van der Waals surface area contributed by atoms with E-state index in [-0.39, 0.29) is 0 Å². The molecule has 0 bridgehead atoms. The zero-order valence-corrected chi connectivity index (χ0v) is 14.1. The van der Waals surface area contributed by atoms with E-state index >= 15 is 0 Å². The third-order valence-electron chi connectivity index (χ3n) is 3.80. The molecule has 0 heterocycles. The van der Waals surface area contributed by atoms with Gasteiger partial charge in [0.2, 0.25) is 0 Å². The minimum Gasteiger partial charge on any atom is -0.381 e. The van der Waals surface area contributed by atoms with Crippen molar-refractivity contribution in [2.45, 2.75) is 39.2 Å². The Morgan fingerprint density at radius 3 is 2.53 bits per heavy atom. The summed E-state index contributed by atoms with van der Waals surface area (Å²) in [5, 5.41) is 3.75. The highest BCUT2D eigenvalue weighted by Crippen LogP contribution is 2.33. The number of hydrogen-bond acceptors (Lipinski definition) is 1. The summed E-state index contributed by atoms with van der Waals surface area (Å²) in [6, 6.07) is 7.06. The summed E-state index contributed by atoms with van der Waals surface area (Å²) in [5.74, 6) is 1.54. The maximum atomic E-state index is 3.75. The third-order valence-corrected chi connectivity index (χ3v) is 5.23. The summed E-state index contributed by atoms with van der Waals surface area (Å²) in [6.07, 6.45) is 4.09. The van der Waals surface area contributed by atoms with Gasteiger partial charge in [-0.2, -0.15) is 0 Å². The lowest BCUT2D eigenvalue weighted by Crippen LogP contribution is -2.37. The molecule has 3 heteroatoms. The topological polar surface area (TPSA) is 12.0 Å². The van der Waals surface area contributed by atoms with Crippen LogP contribution in [0.5, 0.6) is 0 Å². The molecule has 0 saturated heterocycles. The Bertz CT molecular complexity index is 384. The van der Waals surface area contributed by atoms with Crippen molar-refractivity contribution in [2.24, 2.45) is 11.8 Å². The molecule has 0 aliphatic heterocycles. The number of nitrogens with one attached hydrogen (secondary N) is 1. The van der Waals surface area contributed by atoms with E-state index in [2.05, 4.69) is 75.9 Å². The molecule has 1 aromatic rings. The number of anilines is 1. The van der Waals surface area contributed by atoms with Crippen molar-refractivity contribution >= 4 is 44.2 Å². The lowest BCUT2D eigenvalue weighted by atomic mass is 9.78. The Morgan fingerprint density at radius 2 is 1.88 bits per heavy atom. The smallest absolute Gasteiger partial charge is 0.0489 e. The summed E-state index contributed by atoms with van der Waals surface area (Å²) in [6.45, 7) is 4.75. The molecular formula is C14H19BrIN. The van der Waals surface area contributed by atoms with E-state index in [0.717, 1.165) is 16.3 Å². The van der Waals surface area contributed by atoms with Crippen LogP contribution < -0.4 is 5.32 Å². The Balaban J connectivity index is 2.16. The molecule has 1 aliphatic rings. The van der Waals surface area contributed by atoms with Gasteiger partial charge in [0.05, 0.1) is 0 Å². The van der Waals surface area contributed by atoms with Crippen LogP contribution in [0.3, 0.4) is 0 Å². The van der Waals surface area contributed by atoms with E-state index in [9.17, 15) is 0 Å². The van der Waals surface area contributed by atoms with Crippen LogP contribution in [0.1, 0.15) is 33.1 Å². The number of halogens is 2. The Kier molecular flexibility index (Phi) is 4.75. The highest BCUT2D eigenvalue weighted by Gasteiger charge is 2.27. The summed E-state index contributed by atoms with van der Waals surface area (Å²) in [5.41, 5.74) is 1.27. The molecule has 2 rings (SSSR count). The molecule has 1 nitrogen and oxygen atoms in total. The van der Waals surface area contributed by atoms with Crippen LogP contribution in [-0.4, -0.2) is 6.04 Å². The van der Waals surface area contributed by atoms with Gasteiger partial charge in [0.1, 0.15) is 0 Å². The molecule has 1 fully saturated rings. The highest BCUT2D eigenvalue weighted by molar-refractivity contribution is 14.1. The van der Waals surface area contributed by atoms with Gasteiger partial charge in [0, 0.05) is 19.8 Å². The standard InChI is InChI=1S/C14H19BrIN/c1-9-4-3-5-10(2)14(9)17-13-8-11(15)6-7-12(13)16/h6-10,14,17H,3-5H2,1-2H3. The first-order valence-electron chi connectivity index (χ1n) is 6.29. The monoisotopic (exact) mass is 407 g/mol. The van der Waals surface area contributed by atoms with Crippen molar-refractivity contribution in [1.29, 1.82) is 0 Å². The molecule has 94 valence electrons. The molecule has 1 aromatic carbocycles. The molecule has 2 unspecified atom stereocenters. The molecule has 17 heavy (non-hydrogen) atoms. The number of hydrogen-bond donors (Lipinski definition) is 1. The molecule has 1 aliphatic carbocycles. The second kappa shape index (κ2) is 5.91. The zero-order valence-electron chi connectivity index (χ0n) is 10.3. The molecule has 1 saturated carbocycles. The van der Waals surface area contributed by atoms with Gasteiger partial charge in [0.25, 0.3) is 0 Å². The van der Waals surface area contributed by atoms with Crippen LogP contribution >= 0.6 is 38.5 Å². The average Bonchev–Trinajstić information content (AvgIpc) is 2.28. The highest BCUT2D eigenvalue weighted by atomic mass is 127. The second-order valence-electron chi connectivity index (χ2n) is 5.18. The van der Waals surface area contributed by atoms with Gasteiger partial charge in [0.15, 0.2) is 0 Å².